The number of hydrogen-bond acceptors (Lipinski definition) is 2. The van der Waals surface area contributed by atoms with E-state index >= 15 is 0 Å². The molecule has 1 atom stereocenters. The minimum Gasteiger partial charge on any atom is -0.331 e. The number of urea groups is 1. The van der Waals surface area contributed by atoms with Gasteiger partial charge in [0, 0.05) is 13.1 Å². The lowest BCUT2D eigenvalue weighted by Crippen LogP contribution is -2.48. The van der Waals surface area contributed by atoms with Gasteiger partial charge in [0.1, 0.15) is 0 Å². The van der Waals surface area contributed by atoms with Gasteiger partial charge in [-0.3, -0.25) is 0 Å². The van der Waals surface area contributed by atoms with Gasteiger partial charge in [-0.2, -0.15) is 0 Å². The Morgan fingerprint density at radius 2 is 1.95 bits per heavy atom. The van der Waals surface area contributed by atoms with E-state index in [4.69, 9.17) is 0 Å². The highest BCUT2D eigenvalue weighted by atomic mass is 16.2. The lowest BCUT2D eigenvalue weighted by molar-refractivity contribution is 0.146. The Balaban J connectivity index is 1.93. The fraction of sp³-hybridized carbons (Fsp3) is 0.588. The number of aryl methyl sites for hydroxylation is 1. The van der Waals surface area contributed by atoms with Crippen LogP contribution >= 0.6 is 0 Å². The molecule has 4 nitrogen and oxygen atoms in total. The van der Waals surface area contributed by atoms with Crippen molar-refractivity contribution in [3.63, 3.8) is 0 Å². The van der Waals surface area contributed by atoms with Crippen LogP contribution in [0.15, 0.2) is 24.3 Å². The van der Waals surface area contributed by atoms with Gasteiger partial charge in [-0.15, -0.1) is 0 Å². The van der Waals surface area contributed by atoms with Crippen molar-refractivity contribution in [2.24, 2.45) is 0 Å². The topological polar surface area (TPSA) is 35.6 Å². The Kier molecular flexibility index (Phi) is 5.23. The summed E-state index contributed by atoms with van der Waals surface area (Å²) in [5, 5.41) is 3.12. The largest absolute Gasteiger partial charge is 0.331 e. The van der Waals surface area contributed by atoms with Gasteiger partial charge in [0.05, 0.1) is 6.04 Å². The molecule has 1 heterocycles. The van der Waals surface area contributed by atoms with Crippen LogP contribution in [-0.4, -0.2) is 49.1 Å². The summed E-state index contributed by atoms with van der Waals surface area (Å²) in [7, 11) is 4.05. The molecular formula is C17H27N3O. The summed E-state index contributed by atoms with van der Waals surface area (Å²) in [6.07, 6.45) is 2.11. The van der Waals surface area contributed by atoms with Gasteiger partial charge in [-0.05, 0) is 58.0 Å². The maximum atomic E-state index is 12.4. The Morgan fingerprint density at radius 3 is 2.57 bits per heavy atom. The van der Waals surface area contributed by atoms with Crippen LogP contribution in [0.3, 0.4) is 0 Å². The lowest BCUT2D eigenvalue weighted by Gasteiger charge is -2.35. The summed E-state index contributed by atoms with van der Waals surface area (Å²) in [5.74, 6) is 0. The van der Waals surface area contributed by atoms with Gasteiger partial charge in [0.2, 0.25) is 0 Å². The van der Waals surface area contributed by atoms with Gasteiger partial charge in [-0.25, -0.2) is 4.79 Å². The van der Waals surface area contributed by atoms with Gasteiger partial charge in [0.15, 0.2) is 0 Å². The third-order valence-corrected chi connectivity index (χ3v) is 4.55. The van der Waals surface area contributed by atoms with Gasteiger partial charge in [0.25, 0.3) is 0 Å². The van der Waals surface area contributed by atoms with Crippen LogP contribution in [0.4, 0.5) is 4.79 Å². The Labute approximate surface area is 128 Å². The fourth-order valence-corrected chi connectivity index (χ4v) is 2.99. The van der Waals surface area contributed by atoms with Crippen molar-refractivity contribution in [1.82, 2.24) is 15.1 Å². The average Bonchev–Trinajstić information content (AvgIpc) is 2.47. The highest BCUT2D eigenvalue weighted by Crippen LogP contribution is 2.18. The van der Waals surface area contributed by atoms with Crippen molar-refractivity contribution >= 4 is 6.03 Å². The Morgan fingerprint density at radius 1 is 1.33 bits per heavy atom. The van der Waals surface area contributed by atoms with Gasteiger partial charge in [-0.1, -0.05) is 24.3 Å². The molecule has 0 saturated carbocycles. The number of amides is 2. The first-order valence-electron chi connectivity index (χ1n) is 7.76. The summed E-state index contributed by atoms with van der Waals surface area (Å²) in [6, 6.07) is 8.62. The highest BCUT2D eigenvalue weighted by molar-refractivity contribution is 5.74. The number of carbonyl (C=O) groups excluding carboxylic acids is 1. The van der Waals surface area contributed by atoms with Crippen LogP contribution in [0.1, 0.15) is 36.9 Å². The van der Waals surface area contributed by atoms with Gasteiger partial charge < -0.3 is 15.1 Å². The molecule has 0 bridgehead atoms. The zero-order valence-electron chi connectivity index (χ0n) is 13.6. The van der Waals surface area contributed by atoms with Crippen LogP contribution in [0.25, 0.3) is 0 Å². The third-order valence-electron chi connectivity index (χ3n) is 4.55. The maximum absolute atomic E-state index is 12.4. The number of hydrogen-bond donors (Lipinski definition) is 1. The number of nitrogens with one attached hydrogen (secondary N) is 1. The van der Waals surface area contributed by atoms with E-state index in [0.717, 1.165) is 25.9 Å². The van der Waals surface area contributed by atoms with Crippen molar-refractivity contribution in [3.05, 3.63) is 35.4 Å². The molecule has 4 heteroatoms. The van der Waals surface area contributed by atoms with E-state index in [1.807, 2.05) is 31.0 Å². The molecule has 2 amide bonds. The zero-order valence-corrected chi connectivity index (χ0v) is 13.6. The van der Waals surface area contributed by atoms with Crippen LogP contribution in [-0.2, 0) is 0 Å². The Hall–Kier alpha value is -1.55. The Bertz CT molecular complexity index is 481. The molecule has 1 N–H and O–H groups in total. The zero-order chi connectivity index (χ0) is 15.4. The summed E-state index contributed by atoms with van der Waals surface area (Å²) >= 11 is 0. The van der Waals surface area contributed by atoms with E-state index < -0.39 is 0 Å². The number of rotatable bonds is 3. The van der Waals surface area contributed by atoms with E-state index in [9.17, 15) is 4.79 Å². The molecule has 1 aliphatic rings. The summed E-state index contributed by atoms with van der Waals surface area (Å²) in [5.41, 5.74) is 2.40. The second-order valence-electron chi connectivity index (χ2n) is 6.17. The molecule has 0 radical (unpaired) electrons. The number of benzene rings is 1. The smallest absolute Gasteiger partial charge is 0.317 e. The first-order valence-corrected chi connectivity index (χ1v) is 7.76. The molecule has 0 aliphatic carbocycles. The molecule has 2 rings (SSSR count). The number of likely N-dealkylation sites (tertiary alicyclic amines) is 1. The molecule has 21 heavy (non-hydrogen) atoms. The predicted octanol–water partition coefficient (Wildman–Crippen LogP) is 2.79. The molecule has 1 unspecified atom stereocenters. The minimum atomic E-state index is 0.0281. The van der Waals surface area contributed by atoms with Crippen LogP contribution in [0, 0.1) is 6.92 Å². The molecule has 1 saturated heterocycles. The first-order chi connectivity index (χ1) is 9.99. The van der Waals surface area contributed by atoms with E-state index in [1.54, 1.807) is 0 Å². The second kappa shape index (κ2) is 6.94. The van der Waals surface area contributed by atoms with Crippen LogP contribution < -0.4 is 5.32 Å². The molecule has 0 aromatic heterocycles. The average molecular weight is 289 g/mol. The minimum absolute atomic E-state index is 0.0281. The quantitative estimate of drug-likeness (QED) is 0.928. The van der Waals surface area contributed by atoms with Crippen LogP contribution in [0.5, 0.6) is 0 Å². The van der Waals surface area contributed by atoms with Gasteiger partial charge >= 0.3 is 6.03 Å². The molecule has 1 aromatic rings. The first kappa shape index (κ1) is 15.8. The summed E-state index contributed by atoms with van der Waals surface area (Å²) in [6.45, 7) is 6.26. The van der Waals surface area contributed by atoms with Crippen molar-refractivity contribution < 1.29 is 4.79 Å². The number of nitrogens with zero attached hydrogens (tertiary/aromatic N) is 2. The van der Waals surface area contributed by atoms with Crippen molar-refractivity contribution in [2.75, 3.05) is 27.2 Å². The van der Waals surface area contributed by atoms with E-state index in [2.05, 4.69) is 36.3 Å². The van der Waals surface area contributed by atoms with E-state index in [1.165, 1.54) is 11.1 Å². The highest BCUT2D eigenvalue weighted by Gasteiger charge is 2.24. The molecule has 1 fully saturated rings. The SMILES string of the molecule is Cc1ccccc1C(C)NC(=O)N(C)C1CCN(C)CC1. The maximum Gasteiger partial charge on any atom is 0.317 e. The molecule has 1 aliphatic heterocycles. The monoisotopic (exact) mass is 289 g/mol. The van der Waals surface area contributed by atoms with Crippen LogP contribution in [0.2, 0.25) is 0 Å². The molecule has 1 aromatic carbocycles. The van der Waals surface area contributed by atoms with E-state index in [-0.39, 0.29) is 12.1 Å². The summed E-state index contributed by atoms with van der Waals surface area (Å²) in [4.78, 5) is 16.6. The number of carbonyl (C=O) groups is 1. The fourth-order valence-electron chi connectivity index (χ4n) is 2.99. The lowest BCUT2D eigenvalue weighted by atomic mass is 10.0. The molecule has 116 valence electrons. The second-order valence-corrected chi connectivity index (χ2v) is 6.17. The number of piperidine rings is 1. The van der Waals surface area contributed by atoms with Crippen molar-refractivity contribution in [3.8, 4) is 0 Å². The molecule has 0 spiro atoms. The van der Waals surface area contributed by atoms with E-state index in [0.29, 0.717) is 6.04 Å². The predicted molar refractivity (Wildman–Crippen MR) is 86.4 cm³/mol. The standard InChI is InChI=1S/C17H27N3O/c1-13-7-5-6-8-16(13)14(2)18-17(21)20(4)15-9-11-19(3)12-10-15/h5-8,14-15H,9-12H2,1-4H3,(H,18,21). The molecular weight excluding hydrogens is 262 g/mol. The normalized spacial score (nSPS) is 18.3. The van der Waals surface area contributed by atoms with Crippen molar-refractivity contribution in [2.45, 2.75) is 38.8 Å². The van der Waals surface area contributed by atoms with Crippen molar-refractivity contribution in [1.29, 1.82) is 0 Å². The summed E-state index contributed by atoms with van der Waals surface area (Å²) < 4.78 is 0. The third kappa shape index (κ3) is 3.97.